The van der Waals surface area contributed by atoms with Gasteiger partial charge in [0.05, 0.1) is 5.69 Å². The number of thiazole rings is 1. The molecule has 20 heavy (non-hydrogen) atoms. The second-order valence-corrected chi connectivity index (χ2v) is 6.31. The minimum absolute atomic E-state index is 0.00301. The molecule has 4 heteroatoms. The number of nitrogens with zero attached hydrogens (tertiary/aromatic N) is 1. The Bertz CT molecular complexity index is 621. The Labute approximate surface area is 124 Å². The number of rotatable bonds is 3. The van der Waals surface area contributed by atoms with Crippen molar-refractivity contribution in [2.45, 2.75) is 34.6 Å². The Morgan fingerprint density at radius 3 is 2.35 bits per heavy atom. The van der Waals surface area contributed by atoms with E-state index in [1.54, 1.807) is 0 Å². The lowest BCUT2D eigenvalue weighted by molar-refractivity contribution is -0.118. The largest absolute Gasteiger partial charge is 0.302 e. The first kappa shape index (κ1) is 14.7. The molecule has 1 aromatic carbocycles. The zero-order chi connectivity index (χ0) is 14.9. The van der Waals surface area contributed by atoms with Crippen LogP contribution < -0.4 is 5.32 Å². The second-order valence-electron chi connectivity index (χ2n) is 5.46. The van der Waals surface area contributed by atoms with E-state index in [4.69, 9.17) is 0 Å². The summed E-state index contributed by atoms with van der Waals surface area (Å²) in [5.41, 5.74) is 5.79. The summed E-state index contributed by atoms with van der Waals surface area (Å²) in [5.74, 6) is -0.0338. The van der Waals surface area contributed by atoms with E-state index in [1.807, 2.05) is 19.2 Å². The molecule has 0 radical (unpaired) electrons. The van der Waals surface area contributed by atoms with Crippen LogP contribution >= 0.6 is 11.3 Å². The summed E-state index contributed by atoms with van der Waals surface area (Å²) >= 11 is 1.47. The van der Waals surface area contributed by atoms with Crippen LogP contribution in [-0.2, 0) is 4.79 Å². The van der Waals surface area contributed by atoms with Crippen molar-refractivity contribution in [3.05, 3.63) is 34.2 Å². The predicted octanol–water partition coefficient (Wildman–Crippen LogP) is 4.33. The van der Waals surface area contributed by atoms with E-state index in [2.05, 4.69) is 43.2 Å². The highest BCUT2D eigenvalue weighted by Crippen LogP contribution is 2.31. The molecule has 0 spiro atoms. The van der Waals surface area contributed by atoms with Crippen LogP contribution in [0.4, 0.5) is 5.13 Å². The fourth-order valence-corrected chi connectivity index (χ4v) is 2.98. The number of benzene rings is 1. The van der Waals surface area contributed by atoms with E-state index in [0.29, 0.717) is 5.13 Å². The third kappa shape index (κ3) is 3.07. The Kier molecular flexibility index (Phi) is 4.23. The molecule has 1 heterocycles. The molecule has 0 aliphatic heterocycles. The number of anilines is 1. The van der Waals surface area contributed by atoms with Crippen molar-refractivity contribution in [3.63, 3.8) is 0 Å². The first-order chi connectivity index (χ1) is 9.38. The molecule has 1 N–H and O–H groups in total. The number of hydrogen-bond donors (Lipinski definition) is 1. The van der Waals surface area contributed by atoms with Crippen molar-refractivity contribution < 1.29 is 4.79 Å². The number of aromatic nitrogens is 1. The average Bonchev–Trinajstić information content (AvgIpc) is 2.75. The van der Waals surface area contributed by atoms with E-state index in [1.165, 1.54) is 28.0 Å². The molecule has 0 atom stereocenters. The summed E-state index contributed by atoms with van der Waals surface area (Å²) in [6, 6.07) is 4.32. The molecule has 0 saturated carbocycles. The molecule has 0 unspecified atom stereocenters. The highest BCUT2D eigenvalue weighted by atomic mass is 32.1. The predicted molar refractivity (Wildman–Crippen MR) is 85.2 cm³/mol. The molecule has 1 amide bonds. The molecule has 0 bridgehead atoms. The molecule has 0 aliphatic carbocycles. The van der Waals surface area contributed by atoms with Crippen molar-refractivity contribution in [1.29, 1.82) is 0 Å². The Morgan fingerprint density at radius 1 is 1.20 bits per heavy atom. The minimum atomic E-state index is -0.0369. The van der Waals surface area contributed by atoms with E-state index in [9.17, 15) is 4.79 Å². The Morgan fingerprint density at radius 2 is 1.80 bits per heavy atom. The monoisotopic (exact) mass is 288 g/mol. The maximum atomic E-state index is 11.7. The molecule has 1 aromatic heterocycles. The number of hydrogen-bond acceptors (Lipinski definition) is 3. The summed E-state index contributed by atoms with van der Waals surface area (Å²) in [6.07, 6.45) is 0. The van der Waals surface area contributed by atoms with E-state index < -0.39 is 0 Å². The van der Waals surface area contributed by atoms with Crippen molar-refractivity contribution in [3.8, 4) is 11.3 Å². The van der Waals surface area contributed by atoms with Crippen LogP contribution in [0.15, 0.2) is 17.5 Å². The lowest BCUT2D eigenvalue weighted by atomic mass is 9.98. The van der Waals surface area contributed by atoms with Crippen LogP contribution in [0.5, 0.6) is 0 Å². The average molecular weight is 288 g/mol. The van der Waals surface area contributed by atoms with Gasteiger partial charge in [0.1, 0.15) is 0 Å². The molecule has 0 aliphatic rings. The molecule has 3 nitrogen and oxygen atoms in total. The van der Waals surface area contributed by atoms with Crippen LogP contribution in [0, 0.1) is 26.7 Å². The topological polar surface area (TPSA) is 42.0 Å². The summed E-state index contributed by atoms with van der Waals surface area (Å²) in [7, 11) is 0. The van der Waals surface area contributed by atoms with Crippen molar-refractivity contribution in [1.82, 2.24) is 4.98 Å². The summed E-state index contributed by atoms with van der Waals surface area (Å²) < 4.78 is 0. The molecule has 2 aromatic rings. The van der Waals surface area contributed by atoms with Gasteiger partial charge in [-0.15, -0.1) is 11.3 Å². The molecule has 2 rings (SSSR count). The van der Waals surface area contributed by atoms with Gasteiger partial charge in [-0.1, -0.05) is 31.5 Å². The van der Waals surface area contributed by atoms with Gasteiger partial charge in [0.25, 0.3) is 0 Å². The second kappa shape index (κ2) is 5.75. The molecule has 0 fully saturated rings. The van der Waals surface area contributed by atoms with E-state index in [-0.39, 0.29) is 11.8 Å². The first-order valence-electron chi connectivity index (χ1n) is 6.73. The Hall–Kier alpha value is -1.68. The number of nitrogens with one attached hydrogen (secondary N) is 1. The molecular formula is C16H20N2OS. The highest BCUT2D eigenvalue weighted by Gasteiger charge is 2.13. The van der Waals surface area contributed by atoms with Crippen molar-refractivity contribution >= 4 is 22.4 Å². The number of carbonyl (C=O) groups excluding carboxylic acids is 1. The van der Waals surface area contributed by atoms with Crippen LogP contribution in [0.3, 0.4) is 0 Å². The third-order valence-electron chi connectivity index (χ3n) is 3.19. The zero-order valence-corrected chi connectivity index (χ0v) is 13.4. The van der Waals surface area contributed by atoms with Gasteiger partial charge >= 0.3 is 0 Å². The maximum Gasteiger partial charge on any atom is 0.228 e. The normalized spacial score (nSPS) is 10.9. The van der Waals surface area contributed by atoms with Gasteiger partial charge in [0, 0.05) is 16.9 Å². The molecule has 106 valence electrons. The van der Waals surface area contributed by atoms with Crippen LogP contribution in [0.25, 0.3) is 11.3 Å². The third-order valence-corrected chi connectivity index (χ3v) is 3.95. The zero-order valence-electron chi connectivity index (χ0n) is 12.6. The lowest BCUT2D eigenvalue weighted by Crippen LogP contribution is -2.17. The number of carbonyl (C=O) groups is 1. The standard InChI is InChI=1S/C16H20N2OS/c1-9(2)15(19)18-16-17-13(8-20-16)14-11(4)6-10(3)7-12(14)5/h6-9H,1-5H3,(H,17,18,19). The van der Waals surface area contributed by atoms with Crippen LogP contribution in [0.1, 0.15) is 30.5 Å². The van der Waals surface area contributed by atoms with Gasteiger partial charge in [-0.3, -0.25) is 4.79 Å². The van der Waals surface area contributed by atoms with Crippen LogP contribution in [-0.4, -0.2) is 10.9 Å². The van der Waals surface area contributed by atoms with Gasteiger partial charge in [-0.05, 0) is 31.9 Å². The van der Waals surface area contributed by atoms with Crippen LogP contribution in [0.2, 0.25) is 0 Å². The summed E-state index contributed by atoms with van der Waals surface area (Å²) in [6.45, 7) is 10.0. The van der Waals surface area contributed by atoms with Gasteiger partial charge < -0.3 is 5.32 Å². The van der Waals surface area contributed by atoms with E-state index >= 15 is 0 Å². The van der Waals surface area contributed by atoms with Crippen molar-refractivity contribution in [2.75, 3.05) is 5.32 Å². The molecular weight excluding hydrogens is 268 g/mol. The van der Waals surface area contributed by atoms with Gasteiger partial charge in [-0.2, -0.15) is 0 Å². The van der Waals surface area contributed by atoms with E-state index in [0.717, 1.165) is 11.3 Å². The number of aryl methyl sites for hydroxylation is 3. The summed E-state index contributed by atoms with van der Waals surface area (Å²) in [4.78, 5) is 16.2. The lowest BCUT2D eigenvalue weighted by Gasteiger charge is -2.09. The fourth-order valence-electron chi connectivity index (χ4n) is 2.28. The number of amides is 1. The van der Waals surface area contributed by atoms with Crippen molar-refractivity contribution in [2.24, 2.45) is 5.92 Å². The van der Waals surface area contributed by atoms with Gasteiger partial charge in [0.15, 0.2) is 5.13 Å². The Balaban J connectivity index is 2.32. The van der Waals surface area contributed by atoms with Gasteiger partial charge in [0.2, 0.25) is 5.91 Å². The smallest absolute Gasteiger partial charge is 0.228 e. The summed E-state index contributed by atoms with van der Waals surface area (Å²) in [5, 5.41) is 5.52. The quantitative estimate of drug-likeness (QED) is 0.913. The SMILES string of the molecule is Cc1cc(C)c(-c2csc(NC(=O)C(C)C)n2)c(C)c1. The fraction of sp³-hybridized carbons (Fsp3) is 0.375. The molecule has 0 saturated heterocycles. The maximum absolute atomic E-state index is 11.7. The first-order valence-corrected chi connectivity index (χ1v) is 7.61. The highest BCUT2D eigenvalue weighted by molar-refractivity contribution is 7.14. The minimum Gasteiger partial charge on any atom is -0.302 e. The van der Waals surface area contributed by atoms with Gasteiger partial charge in [-0.25, -0.2) is 4.98 Å².